The number of hydrogen-bond donors (Lipinski definition) is 2. The molecule has 1 aromatic rings. The van der Waals surface area contributed by atoms with Gasteiger partial charge in [-0.1, -0.05) is 13.0 Å². The van der Waals surface area contributed by atoms with Gasteiger partial charge in [0.05, 0.1) is 5.75 Å². The van der Waals surface area contributed by atoms with Gasteiger partial charge in [0.2, 0.25) is 11.8 Å². The van der Waals surface area contributed by atoms with Crippen molar-refractivity contribution in [3.8, 4) is 0 Å². The molecule has 0 unspecified atom stereocenters. The highest BCUT2D eigenvalue weighted by molar-refractivity contribution is 8.00. The van der Waals surface area contributed by atoms with E-state index in [0.29, 0.717) is 12.3 Å². The second-order valence-electron chi connectivity index (χ2n) is 5.11. The molecule has 5 heteroatoms. The highest BCUT2D eigenvalue weighted by atomic mass is 32.2. The standard InChI is InChI=1S/C16H24N2O2S/c1-5-8-17-16(20)13(4)18-15(19)10-21-14-7-6-11(2)12(3)9-14/h6-7,9,13H,5,8,10H2,1-4H3,(H,17,20)(H,18,19)/t13-/m1/s1. The fourth-order valence-corrected chi connectivity index (χ4v) is 2.51. The average molecular weight is 308 g/mol. The largest absolute Gasteiger partial charge is 0.354 e. The molecule has 0 aliphatic rings. The lowest BCUT2D eigenvalue weighted by molar-refractivity contribution is -0.127. The summed E-state index contributed by atoms with van der Waals surface area (Å²) in [5.41, 5.74) is 2.46. The van der Waals surface area contributed by atoms with Crippen LogP contribution in [-0.4, -0.2) is 30.2 Å². The molecule has 116 valence electrons. The van der Waals surface area contributed by atoms with Crippen molar-refractivity contribution in [3.63, 3.8) is 0 Å². The van der Waals surface area contributed by atoms with E-state index < -0.39 is 6.04 Å². The summed E-state index contributed by atoms with van der Waals surface area (Å²) in [7, 11) is 0. The number of rotatable bonds is 7. The van der Waals surface area contributed by atoms with Crippen molar-refractivity contribution in [2.75, 3.05) is 12.3 Å². The highest BCUT2D eigenvalue weighted by Gasteiger charge is 2.14. The normalized spacial score (nSPS) is 11.8. The smallest absolute Gasteiger partial charge is 0.242 e. The predicted molar refractivity (Wildman–Crippen MR) is 87.5 cm³/mol. The summed E-state index contributed by atoms with van der Waals surface area (Å²) in [5, 5.41) is 5.48. The molecule has 0 aromatic heterocycles. The maximum absolute atomic E-state index is 11.8. The lowest BCUT2D eigenvalue weighted by Crippen LogP contribution is -2.45. The Morgan fingerprint density at radius 2 is 1.95 bits per heavy atom. The van der Waals surface area contributed by atoms with Gasteiger partial charge in [-0.15, -0.1) is 11.8 Å². The van der Waals surface area contributed by atoms with Crippen LogP contribution < -0.4 is 10.6 Å². The zero-order valence-corrected chi connectivity index (χ0v) is 14.0. The minimum atomic E-state index is -0.496. The molecule has 1 aromatic carbocycles. The quantitative estimate of drug-likeness (QED) is 0.761. The van der Waals surface area contributed by atoms with Crippen molar-refractivity contribution in [2.24, 2.45) is 0 Å². The van der Waals surface area contributed by atoms with Gasteiger partial charge in [0, 0.05) is 11.4 Å². The van der Waals surface area contributed by atoms with Gasteiger partial charge in [-0.25, -0.2) is 0 Å². The number of aryl methyl sites for hydroxylation is 2. The zero-order valence-electron chi connectivity index (χ0n) is 13.2. The first kappa shape index (κ1) is 17.6. The van der Waals surface area contributed by atoms with Crippen LogP contribution in [0.4, 0.5) is 0 Å². The molecule has 1 rings (SSSR count). The molecule has 0 aliphatic carbocycles. The molecule has 0 saturated heterocycles. The van der Waals surface area contributed by atoms with Crippen LogP contribution in [0, 0.1) is 13.8 Å². The molecule has 1 atom stereocenters. The van der Waals surface area contributed by atoms with Gasteiger partial charge >= 0.3 is 0 Å². The van der Waals surface area contributed by atoms with Gasteiger partial charge < -0.3 is 10.6 Å². The number of carbonyl (C=O) groups is 2. The number of nitrogens with one attached hydrogen (secondary N) is 2. The van der Waals surface area contributed by atoms with Crippen molar-refractivity contribution in [1.29, 1.82) is 0 Å². The molecule has 0 saturated carbocycles. The van der Waals surface area contributed by atoms with E-state index in [4.69, 9.17) is 0 Å². The minimum Gasteiger partial charge on any atom is -0.354 e. The first-order valence-corrected chi connectivity index (χ1v) is 8.19. The van der Waals surface area contributed by atoms with Crippen LogP contribution in [0.15, 0.2) is 23.1 Å². The van der Waals surface area contributed by atoms with E-state index in [1.165, 1.54) is 22.9 Å². The van der Waals surface area contributed by atoms with Crippen molar-refractivity contribution >= 4 is 23.6 Å². The zero-order chi connectivity index (χ0) is 15.8. The van der Waals surface area contributed by atoms with Crippen LogP contribution in [0.25, 0.3) is 0 Å². The first-order valence-electron chi connectivity index (χ1n) is 7.21. The Balaban J connectivity index is 2.39. The fourth-order valence-electron chi connectivity index (χ4n) is 1.70. The topological polar surface area (TPSA) is 58.2 Å². The molecule has 0 radical (unpaired) electrons. The average Bonchev–Trinajstić information content (AvgIpc) is 2.45. The molecule has 21 heavy (non-hydrogen) atoms. The molecule has 0 bridgehead atoms. The van der Waals surface area contributed by atoms with Gasteiger partial charge in [0.15, 0.2) is 0 Å². The number of thioether (sulfide) groups is 1. The molecular weight excluding hydrogens is 284 g/mol. The van der Waals surface area contributed by atoms with Crippen LogP contribution in [0.1, 0.15) is 31.4 Å². The van der Waals surface area contributed by atoms with E-state index >= 15 is 0 Å². The Kier molecular flexibility index (Phi) is 7.29. The third-order valence-electron chi connectivity index (χ3n) is 3.17. The third kappa shape index (κ3) is 6.21. The first-order chi connectivity index (χ1) is 9.93. The van der Waals surface area contributed by atoms with E-state index in [-0.39, 0.29) is 11.8 Å². The Morgan fingerprint density at radius 3 is 2.57 bits per heavy atom. The highest BCUT2D eigenvalue weighted by Crippen LogP contribution is 2.20. The van der Waals surface area contributed by atoms with Crippen LogP contribution in [0.2, 0.25) is 0 Å². The van der Waals surface area contributed by atoms with E-state index in [1.54, 1.807) is 6.92 Å². The Hall–Kier alpha value is -1.49. The van der Waals surface area contributed by atoms with Crippen molar-refractivity contribution in [2.45, 2.75) is 45.1 Å². The summed E-state index contributed by atoms with van der Waals surface area (Å²) in [6.07, 6.45) is 0.884. The van der Waals surface area contributed by atoms with Gasteiger partial charge in [-0.05, 0) is 50.5 Å². The predicted octanol–water partition coefficient (Wildman–Crippen LogP) is 2.43. The number of hydrogen-bond acceptors (Lipinski definition) is 3. The molecular formula is C16H24N2O2S. The molecule has 2 N–H and O–H groups in total. The van der Waals surface area contributed by atoms with Gasteiger partial charge in [0.1, 0.15) is 6.04 Å². The minimum absolute atomic E-state index is 0.127. The summed E-state index contributed by atoms with van der Waals surface area (Å²) < 4.78 is 0. The summed E-state index contributed by atoms with van der Waals surface area (Å²) in [4.78, 5) is 24.6. The van der Waals surface area contributed by atoms with Gasteiger partial charge in [-0.2, -0.15) is 0 Å². The van der Waals surface area contributed by atoms with Gasteiger partial charge in [0.25, 0.3) is 0 Å². The maximum atomic E-state index is 11.8. The number of carbonyl (C=O) groups excluding carboxylic acids is 2. The Bertz CT molecular complexity index is 503. The van der Waals surface area contributed by atoms with E-state index in [0.717, 1.165) is 11.3 Å². The molecule has 4 nitrogen and oxygen atoms in total. The fraction of sp³-hybridized carbons (Fsp3) is 0.500. The molecule has 0 aliphatic heterocycles. The second-order valence-corrected chi connectivity index (χ2v) is 6.16. The molecule has 0 spiro atoms. The van der Waals surface area contributed by atoms with E-state index in [9.17, 15) is 9.59 Å². The Labute approximate surface area is 131 Å². The second kappa shape index (κ2) is 8.72. The lowest BCUT2D eigenvalue weighted by Gasteiger charge is -2.13. The summed E-state index contributed by atoms with van der Waals surface area (Å²) in [6.45, 7) is 8.44. The van der Waals surface area contributed by atoms with Crippen LogP contribution in [0.3, 0.4) is 0 Å². The van der Waals surface area contributed by atoms with Crippen molar-refractivity contribution < 1.29 is 9.59 Å². The third-order valence-corrected chi connectivity index (χ3v) is 4.16. The monoisotopic (exact) mass is 308 g/mol. The van der Waals surface area contributed by atoms with Crippen molar-refractivity contribution in [1.82, 2.24) is 10.6 Å². The maximum Gasteiger partial charge on any atom is 0.242 e. The molecule has 0 fully saturated rings. The van der Waals surface area contributed by atoms with Gasteiger partial charge in [-0.3, -0.25) is 9.59 Å². The summed E-state index contributed by atoms with van der Waals surface area (Å²) in [5.74, 6) is 0.0484. The molecule has 2 amide bonds. The summed E-state index contributed by atoms with van der Waals surface area (Å²) >= 11 is 1.48. The van der Waals surface area contributed by atoms with E-state index in [1.807, 2.05) is 13.0 Å². The SMILES string of the molecule is CCCNC(=O)[C@@H](C)NC(=O)CSc1ccc(C)c(C)c1. The number of benzene rings is 1. The van der Waals surface area contributed by atoms with E-state index in [2.05, 4.69) is 36.6 Å². The van der Waals surface area contributed by atoms with Crippen molar-refractivity contribution in [3.05, 3.63) is 29.3 Å². The number of amides is 2. The summed E-state index contributed by atoms with van der Waals surface area (Å²) in [6, 6.07) is 5.64. The van der Waals surface area contributed by atoms with Crippen LogP contribution in [0.5, 0.6) is 0 Å². The Morgan fingerprint density at radius 1 is 1.24 bits per heavy atom. The van der Waals surface area contributed by atoms with Crippen LogP contribution >= 0.6 is 11.8 Å². The lowest BCUT2D eigenvalue weighted by atomic mass is 10.1. The van der Waals surface area contributed by atoms with Crippen LogP contribution in [-0.2, 0) is 9.59 Å². The molecule has 0 heterocycles.